The third-order valence-corrected chi connectivity index (χ3v) is 4.77. The van der Waals surface area contributed by atoms with Crippen molar-refractivity contribution in [3.8, 4) is 0 Å². The summed E-state index contributed by atoms with van der Waals surface area (Å²) in [5.41, 5.74) is 1.17. The molecule has 1 aromatic rings. The van der Waals surface area contributed by atoms with Gasteiger partial charge in [0.15, 0.2) is 0 Å². The van der Waals surface area contributed by atoms with Crippen molar-refractivity contribution in [2.24, 2.45) is 5.41 Å². The Bertz CT molecular complexity index is 611. The molecular formula is C15H20N4O3. The number of nitro groups is 1. The summed E-state index contributed by atoms with van der Waals surface area (Å²) in [6.07, 6.45) is 2.17. The SMILES string of the molecule is CNC(=O)c1ccc(N2CCC3(CCNC3)C2)c([N+](=O)[O-])c1. The summed E-state index contributed by atoms with van der Waals surface area (Å²) >= 11 is 0. The molecule has 118 valence electrons. The zero-order chi connectivity index (χ0) is 15.7. The van der Waals surface area contributed by atoms with Crippen molar-refractivity contribution in [2.75, 3.05) is 38.1 Å². The van der Waals surface area contributed by atoms with E-state index in [1.54, 1.807) is 12.1 Å². The Kier molecular flexibility index (Phi) is 3.74. The van der Waals surface area contributed by atoms with Crippen LogP contribution in [0, 0.1) is 15.5 Å². The third-order valence-electron chi connectivity index (χ3n) is 4.77. The maximum atomic E-state index is 11.7. The second-order valence-corrected chi connectivity index (χ2v) is 6.14. The summed E-state index contributed by atoms with van der Waals surface area (Å²) in [5.74, 6) is -0.312. The first-order valence-electron chi connectivity index (χ1n) is 7.51. The molecule has 2 heterocycles. The van der Waals surface area contributed by atoms with Crippen LogP contribution < -0.4 is 15.5 Å². The van der Waals surface area contributed by atoms with Crippen molar-refractivity contribution in [1.29, 1.82) is 0 Å². The largest absolute Gasteiger partial charge is 0.365 e. The molecule has 0 aromatic heterocycles. The van der Waals surface area contributed by atoms with Crippen molar-refractivity contribution in [2.45, 2.75) is 12.8 Å². The Morgan fingerprint density at radius 3 is 2.91 bits per heavy atom. The molecule has 2 saturated heterocycles. The summed E-state index contributed by atoms with van der Waals surface area (Å²) in [6.45, 7) is 3.65. The number of nitro benzene ring substituents is 1. The fourth-order valence-corrected chi connectivity index (χ4v) is 3.51. The number of hydrogen-bond donors (Lipinski definition) is 2. The number of carbonyl (C=O) groups excluding carboxylic acids is 1. The zero-order valence-electron chi connectivity index (χ0n) is 12.6. The number of rotatable bonds is 3. The molecule has 7 heteroatoms. The van der Waals surface area contributed by atoms with Crippen LogP contribution in [0.4, 0.5) is 11.4 Å². The summed E-state index contributed by atoms with van der Waals surface area (Å²) in [5, 5.41) is 17.3. The topological polar surface area (TPSA) is 87.5 Å². The molecule has 2 fully saturated rings. The number of benzene rings is 1. The average molecular weight is 304 g/mol. The van der Waals surface area contributed by atoms with Gasteiger partial charge in [-0.2, -0.15) is 0 Å². The minimum atomic E-state index is -0.403. The van der Waals surface area contributed by atoms with Gasteiger partial charge >= 0.3 is 0 Å². The van der Waals surface area contributed by atoms with Crippen LogP contribution in [0.15, 0.2) is 18.2 Å². The van der Waals surface area contributed by atoms with E-state index in [9.17, 15) is 14.9 Å². The van der Waals surface area contributed by atoms with Crippen molar-refractivity contribution in [3.05, 3.63) is 33.9 Å². The molecule has 1 aromatic carbocycles. The van der Waals surface area contributed by atoms with Crippen LogP contribution in [0.2, 0.25) is 0 Å². The molecule has 1 amide bonds. The van der Waals surface area contributed by atoms with E-state index in [0.717, 1.165) is 39.0 Å². The highest BCUT2D eigenvalue weighted by atomic mass is 16.6. The van der Waals surface area contributed by atoms with Gasteiger partial charge in [0.25, 0.3) is 11.6 Å². The summed E-state index contributed by atoms with van der Waals surface area (Å²) in [6, 6.07) is 4.72. The number of carbonyl (C=O) groups is 1. The van der Waals surface area contributed by atoms with Crippen LogP contribution in [0.25, 0.3) is 0 Å². The third kappa shape index (κ3) is 2.52. The first-order valence-corrected chi connectivity index (χ1v) is 7.51. The number of nitrogens with zero attached hydrogens (tertiary/aromatic N) is 2. The highest BCUT2D eigenvalue weighted by molar-refractivity contribution is 5.95. The molecule has 1 atom stereocenters. The second kappa shape index (κ2) is 5.57. The molecule has 1 spiro atoms. The first-order chi connectivity index (χ1) is 10.5. The minimum absolute atomic E-state index is 0.00380. The second-order valence-electron chi connectivity index (χ2n) is 6.14. The molecule has 3 rings (SSSR count). The smallest absolute Gasteiger partial charge is 0.293 e. The number of hydrogen-bond acceptors (Lipinski definition) is 5. The van der Waals surface area contributed by atoms with Gasteiger partial charge in [-0.25, -0.2) is 0 Å². The van der Waals surface area contributed by atoms with E-state index >= 15 is 0 Å². The molecule has 22 heavy (non-hydrogen) atoms. The molecule has 0 bridgehead atoms. The van der Waals surface area contributed by atoms with Gasteiger partial charge in [0.1, 0.15) is 5.69 Å². The van der Waals surface area contributed by atoms with E-state index in [-0.39, 0.29) is 17.0 Å². The van der Waals surface area contributed by atoms with Gasteiger partial charge in [-0.05, 0) is 31.5 Å². The maximum absolute atomic E-state index is 11.7. The van der Waals surface area contributed by atoms with Crippen molar-refractivity contribution in [1.82, 2.24) is 10.6 Å². The van der Waals surface area contributed by atoms with Crippen molar-refractivity contribution in [3.63, 3.8) is 0 Å². The Labute approximate surface area is 128 Å². The predicted molar refractivity (Wildman–Crippen MR) is 83.2 cm³/mol. The standard InChI is InChI=1S/C15H20N4O3/c1-16-14(20)11-2-3-12(13(8-11)19(21)22)18-7-5-15(10-18)4-6-17-9-15/h2-3,8,17H,4-7,9-10H2,1H3,(H,16,20). The highest BCUT2D eigenvalue weighted by Crippen LogP contribution is 2.41. The fourth-order valence-electron chi connectivity index (χ4n) is 3.51. The predicted octanol–water partition coefficient (Wildman–Crippen LogP) is 1.14. The van der Waals surface area contributed by atoms with E-state index in [1.165, 1.54) is 13.1 Å². The van der Waals surface area contributed by atoms with E-state index in [4.69, 9.17) is 0 Å². The molecule has 7 nitrogen and oxygen atoms in total. The lowest BCUT2D eigenvalue weighted by molar-refractivity contribution is -0.384. The van der Waals surface area contributed by atoms with E-state index in [1.807, 2.05) is 0 Å². The highest BCUT2D eigenvalue weighted by Gasteiger charge is 2.41. The maximum Gasteiger partial charge on any atom is 0.293 e. The number of nitrogens with one attached hydrogen (secondary N) is 2. The first kappa shape index (κ1) is 14.8. The molecule has 2 aliphatic rings. The molecular weight excluding hydrogens is 284 g/mol. The van der Waals surface area contributed by atoms with E-state index in [0.29, 0.717) is 11.3 Å². The quantitative estimate of drug-likeness (QED) is 0.646. The minimum Gasteiger partial charge on any atom is -0.365 e. The Balaban J connectivity index is 1.90. The van der Waals surface area contributed by atoms with E-state index < -0.39 is 4.92 Å². The lowest BCUT2D eigenvalue weighted by Gasteiger charge is -2.24. The Hall–Kier alpha value is -2.15. The lowest BCUT2D eigenvalue weighted by atomic mass is 9.86. The van der Waals surface area contributed by atoms with Gasteiger partial charge in [-0.3, -0.25) is 14.9 Å². The van der Waals surface area contributed by atoms with Crippen LogP contribution in [0.3, 0.4) is 0 Å². The van der Waals surface area contributed by atoms with Crippen LogP contribution >= 0.6 is 0 Å². The van der Waals surface area contributed by atoms with Crippen LogP contribution in [0.1, 0.15) is 23.2 Å². The lowest BCUT2D eigenvalue weighted by Crippen LogP contribution is -2.29. The molecule has 0 aliphatic carbocycles. The molecule has 1 unspecified atom stereocenters. The van der Waals surface area contributed by atoms with Crippen LogP contribution in [0.5, 0.6) is 0 Å². The zero-order valence-corrected chi connectivity index (χ0v) is 12.6. The van der Waals surface area contributed by atoms with Crippen molar-refractivity contribution < 1.29 is 9.72 Å². The monoisotopic (exact) mass is 304 g/mol. The van der Waals surface area contributed by atoms with Gasteiger partial charge in [0, 0.05) is 43.7 Å². The summed E-state index contributed by atoms with van der Waals surface area (Å²) in [7, 11) is 1.51. The normalized spacial score (nSPS) is 24.0. The summed E-state index contributed by atoms with van der Waals surface area (Å²) < 4.78 is 0. The van der Waals surface area contributed by atoms with Gasteiger partial charge < -0.3 is 15.5 Å². The van der Waals surface area contributed by atoms with Crippen molar-refractivity contribution >= 4 is 17.3 Å². The molecule has 2 N–H and O–H groups in total. The summed E-state index contributed by atoms with van der Waals surface area (Å²) in [4.78, 5) is 24.7. The number of anilines is 1. The Morgan fingerprint density at radius 1 is 1.45 bits per heavy atom. The van der Waals surface area contributed by atoms with E-state index in [2.05, 4.69) is 15.5 Å². The van der Waals surface area contributed by atoms with Gasteiger partial charge in [-0.1, -0.05) is 0 Å². The van der Waals surface area contributed by atoms with Gasteiger partial charge in [0.05, 0.1) is 4.92 Å². The molecule has 0 radical (unpaired) electrons. The molecule has 0 saturated carbocycles. The van der Waals surface area contributed by atoms with Crippen LogP contribution in [-0.4, -0.2) is 44.1 Å². The molecule has 2 aliphatic heterocycles. The average Bonchev–Trinajstić information content (AvgIpc) is 3.16. The van der Waals surface area contributed by atoms with Gasteiger partial charge in [0.2, 0.25) is 0 Å². The van der Waals surface area contributed by atoms with Gasteiger partial charge in [-0.15, -0.1) is 0 Å². The van der Waals surface area contributed by atoms with Crippen LogP contribution in [-0.2, 0) is 0 Å². The Morgan fingerprint density at radius 2 is 2.27 bits per heavy atom. The number of amides is 1. The fraction of sp³-hybridized carbons (Fsp3) is 0.533.